The smallest absolute Gasteiger partial charge is 0.353 e. The van der Waals surface area contributed by atoms with Crippen molar-refractivity contribution in [2.75, 3.05) is 18.0 Å². The molecule has 3 saturated heterocycles. The highest BCUT2D eigenvalue weighted by molar-refractivity contribution is 7.52. The Hall–Kier alpha value is -3.52. The van der Waals surface area contributed by atoms with Gasteiger partial charge in [-0.3, -0.25) is 18.9 Å². The van der Waals surface area contributed by atoms with Crippen LogP contribution in [-0.2, 0) is 19.8 Å². The molecule has 6 atom stereocenters. The molecule has 3 aromatic rings. The minimum Gasteiger partial charge on any atom is -0.353 e. The fraction of sp³-hybridized carbons (Fsp3) is 0.500. The van der Waals surface area contributed by atoms with E-state index in [0.29, 0.717) is 42.3 Å². The van der Waals surface area contributed by atoms with Gasteiger partial charge in [-0.1, -0.05) is 6.07 Å². The molecule has 46 heavy (non-hydrogen) atoms. The maximum Gasteiger partial charge on any atom is 0.399 e. The van der Waals surface area contributed by atoms with Crippen molar-refractivity contribution in [2.45, 2.75) is 68.4 Å². The number of thiophene rings is 1. The quantitative estimate of drug-likeness (QED) is 0.276. The first-order valence-electron chi connectivity index (χ1n) is 15.3. The van der Waals surface area contributed by atoms with Crippen molar-refractivity contribution in [3.05, 3.63) is 53.0 Å². The summed E-state index contributed by atoms with van der Waals surface area (Å²) in [5.74, 6) is 0.429. The van der Waals surface area contributed by atoms with E-state index in [4.69, 9.17) is 9.79 Å². The number of benzene rings is 1. The molecule has 4 aliphatic rings. The van der Waals surface area contributed by atoms with Crippen LogP contribution in [-0.4, -0.2) is 79.9 Å². The van der Waals surface area contributed by atoms with Crippen LogP contribution < -0.4 is 15.5 Å². The van der Waals surface area contributed by atoms with Gasteiger partial charge in [0.1, 0.15) is 12.1 Å². The fourth-order valence-corrected chi connectivity index (χ4v) is 8.65. The summed E-state index contributed by atoms with van der Waals surface area (Å²) in [7, 11) is -5.75. The number of anilines is 1. The van der Waals surface area contributed by atoms with E-state index in [0.717, 1.165) is 55.1 Å². The summed E-state index contributed by atoms with van der Waals surface area (Å²) in [5, 5.41) is 14.3. The summed E-state index contributed by atoms with van der Waals surface area (Å²) in [6, 6.07) is 6.57. The maximum absolute atomic E-state index is 14.3. The second kappa shape index (κ2) is 11.6. The zero-order valence-corrected chi connectivity index (χ0v) is 26.3. The Morgan fingerprint density at radius 1 is 1.04 bits per heavy atom. The Morgan fingerprint density at radius 2 is 1.85 bits per heavy atom. The van der Waals surface area contributed by atoms with Gasteiger partial charge in [-0.25, -0.2) is 0 Å². The Balaban J connectivity index is 1.06. The number of carbonyl (C=O) groups is 3. The van der Waals surface area contributed by atoms with Gasteiger partial charge < -0.3 is 30.2 Å². The number of nitrogens with one attached hydrogen (secondary N) is 2. The zero-order chi connectivity index (χ0) is 32.4. The third-order valence-electron chi connectivity index (χ3n) is 9.72. The summed E-state index contributed by atoms with van der Waals surface area (Å²) in [6.07, 6.45) is 5.84. The number of nitrogens with zero attached hydrogens (tertiary/aromatic N) is 4. The molecule has 12 nitrogen and oxygen atoms in total. The molecule has 1 aromatic carbocycles. The van der Waals surface area contributed by atoms with Crippen LogP contribution in [0.3, 0.4) is 0 Å². The molecule has 0 bridgehead atoms. The lowest BCUT2D eigenvalue weighted by Gasteiger charge is -2.35. The molecule has 3 amide bonds. The first kappa shape index (κ1) is 31.1. The Kier molecular flexibility index (Phi) is 7.86. The second-order valence-corrected chi connectivity index (χ2v) is 15.4. The van der Waals surface area contributed by atoms with Crippen LogP contribution in [0, 0.1) is 11.8 Å². The summed E-state index contributed by atoms with van der Waals surface area (Å²) in [6.45, 7) is 1.31. The minimum atomic E-state index is -5.75. The van der Waals surface area contributed by atoms with Crippen molar-refractivity contribution >= 4 is 52.6 Å². The monoisotopic (exact) mass is 674 g/mol. The fourth-order valence-electron chi connectivity index (χ4n) is 7.23. The van der Waals surface area contributed by atoms with Crippen molar-refractivity contribution in [3.63, 3.8) is 0 Å². The molecule has 2 aromatic heterocycles. The third-order valence-corrected chi connectivity index (χ3v) is 11.8. The predicted molar refractivity (Wildman–Crippen MR) is 164 cm³/mol. The third kappa shape index (κ3) is 5.78. The first-order valence-corrected chi connectivity index (χ1v) is 17.8. The van der Waals surface area contributed by atoms with Crippen molar-refractivity contribution in [1.82, 2.24) is 25.7 Å². The van der Waals surface area contributed by atoms with Crippen LogP contribution in [0.2, 0.25) is 0 Å². The van der Waals surface area contributed by atoms with Crippen LogP contribution in [0.1, 0.15) is 53.8 Å². The molecule has 7 rings (SSSR count). The lowest BCUT2D eigenvalue weighted by atomic mass is 9.99. The predicted octanol–water partition coefficient (Wildman–Crippen LogP) is 3.20. The summed E-state index contributed by atoms with van der Waals surface area (Å²) in [5.41, 5.74) is -5.22. The van der Waals surface area contributed by atoms with Crippen molar-refractivity contribution in [3.8, 4) is 0 Å². The number of alkyl halides is 2. The highest BCUT2D eigenvalue weighted by Gasteiger charge is 2.52. The molecule has 4 fully saturated rings. The van der Waals surface area contributed by atoms with Gasteiger partial charge in [0.05, 0.1) is 4.88 Å². The highest BCUT2D eigenvalue weighted by atomic mass is 32.1. The van der Waals surface area contributed by atoms with Gasteiger partial charge in [-0.2, -0.15) is 13.9 Å². The number of hydrogen-bond donors (Lipinski definition) is 4. The topological polar surface area (TPSA) is 165 Å². The van der Waals surface area contributed by atoms with Gasteiger partial charge in [-0.05, 0) is 86.1 Å². The lowest BCUT2D eigenvalue weighted by Crippen LogP contribution is -2.57. The van der Waals surface area contributed by atoms with E-state index < -0.39 is 36.8 Å². The standard InChI is InChI=1S/C30H33F2N6O6PS/c31-30(32,45(42,43)44)19-3-6-24-18(11-19)14-25(46-24)28(40)35-22-13-17-10-16(17)12-21-4-5-23(38(21)29(22)41)27(39)34-20-7-9-37(15-20)26-2-1-8-33-36-26/h1-3,6,8,11,14,16-17,20-23H,4-5,7,9-10,12-13,15H2,(H,34,39)(H,35,40)(H2,42,43,44)/t16-,17+,20-,21-,22?,23+/m1/s1. The number of hydrogen-bond acceptors (Lipinski definition) is 8. The molecular formula is C30H33F2N6O6PS. The summed E-state index contributed by atoms with van der Waals surface area (Å²) < 4.78 is 40.4. The number of rotatable bonds is 7. The maximum atomic E-state index is 14.3. The summed E-state index contributed by atoms with van der Waals surface area (Å²) in [4.78, 5) is 63.3. The second-order valence-electron chi connectivity index (χ2n) is 12.7. The van der Waals surface area contributed by atoms with Gasteiger partial charge in [0.15, 0.2) is 5.82 Å². The lowest BCUT2D eigenvalue weighted by molar-refractivity contribution is -0.143. The number of aromatic nitrogens is 2. The SMILES string of the molecule is O=C(NC1C[C@@H]2C[C@@H]2C[C@H]2CC[C@@H](C(=O)N[C@@H]3CCN(c4cccnn4)C3)N2C1=O)c1cc2cc(C(F)(F)P(=O)(O)O)ccc2s1. The normalized spacial score (nSPS) is 28.0. The molecule has 1 saturated carbocycles. The molecular weight excluding hydrogens is 641 g/mol. The van der Waals surface area contributed by atoms with E-state index in [1.807, 2.05) is 12.1 Å². The van der Waals surface area contributed by atoms with E-state index in [1.165, 1.54) is 12.1 Å². The van der Waals surface area contributed by atoms with Crippen LogP contribution in [0.15, 0.2) is 42.6 Å². The molecule has 4 N–H and O–H groups in total. The van der Waals surface area contributed by atoms with Gasteiger partial charge in [0.2, 0.25) is 11.8 Å². The van der Waals surface area contributed by atoms with E-state index in [2.05, 4.69) is 25.7 Å². The number of fused-ring (bicyclic) bond motifs is 3. The Morgan fingerprint density at radius 3 is 2.61 bits per heavy atom. The van der Waals surface area contributed by atoms with E-state index in [-0.39, 0.29) is 34.2 Å². The van der Waals surface area contributed by atoms with Gasteiger partial charge in [0.25, 0.3) is 5.91 Å². The van der Waals surface area contributed by atoms with Crippen LogP contribution in [0.4, 0.5) is 14.6 Å². The molecule has 0 spiro atoms. The molecule has 0 radical (unpaired) electrons. The van der Waals surface area contributed by atoms with Crippen LogP contribution in [0.25, 0.3) is 10.1 Å². The van der Waals surface area contributed by atoms with Crippen LogP contribution >= 0.6 is 18.9 Å². The van der Waals surface area contributed by atoms with Crippen molar-refractivity contribution in [1.29, 1.82) is 0 Å². The molecule has 16 heteroatoms. The minimum absolute atomic E-state index is 0.0870. The van der Waals surface area contributed by atoms with E-state index >= 15 is 0 Å². The van der Waals surface area contributed by atoms with Crippen molar-refractivity contribution < 1.29 is 37.5 Å². The average Bonchev–Trinajstić information content (AvgIpc) is 3.39. The number of amides is 3. The van der Waals surface area contributed by atoms with E-state index in [9.17, 15) is 27.7 Å². The van der Waals surface area contributed by atoms with E-state index in [1.54, 1.807) is 11.1 Å². The number of carbonyl (C=O) groups excluding carboxylic acids is 3. The molecule has 3 aliphatic heterocycles. The average molecular weight is 675 g/mol. The summed E-state index contributed by atoms with van der Waals surface area (Å²) >= 11 is 1.03. The van der Waals surface area contributed by atoms with Gasteiger partial charge >= 0.3 is 13.3 Å². The largest absolute Gasteiger partial charge is 0.399 e. The highest BCUT2D eigenvalue weighted by Crippen LogP contribution is 2.59. The first-order chi connectivity index (χ1) is 21.9. The number of halogens is 2. The Labute approximate surface area is 266 Å². The van der Waals surface area contributed by atoms with Crippen molar-refractivity contribution in [2.24, 2.45) is 11.8 Å². The Bertz CT molecular complexity index is 1740. The molecule has 1 aliphatic carbocycles. The van der Waals surface area contributed by atoms with Gasteiger partial charge in [-0.15, -0.1) is 16.4 Å². The van der Waals surface area contributed by atoms with Gasteiger partial charge in [0, 0.05) is 41.6 Å². The van der Waals surface area contributed by atoms with Crippen LogP contribution in [0.5, 0.6) is 0 Å². The molecule has 1 unspecified atom stereocenters. The zero-order valence-electron chi connectivity index (χ0n) is 24.6. The molecule has 244 valence electrons. The molecule has 5 heterocycles.